The number of halogens is 1. The monoisotopic (exact) mass is 552 g/mol. The van der Waals surface area contributed by atoms with Crippen LogP contribution in [-0.2, 0) is 11.2 Å². The molecule has 0 saturated carbocycles. The van der Waals surface area contributed by atoms with Crippen molar-refractivity contribution in [1.82, 2.24) is 10.2 Å². The van der Waals surface area contributed by atoms with E-state index in [0.29, 0.717) is 5.75 Å². The van der Waals surface area contributed by atoms with E-state index in [1.54, 1.807) is 6.07 Å². The minimum absolute atomic E-state index is 0. The minimum atomic E-state index is 0. The standard InChI is InChI=1S/C25H36N4O2.HI/c1-2-26-25(27-15-8-9-20-31-21-14-22-10-4-3-5-11-22)29-18-16-28(17-19-29)23-12-6-7-13-24(23)30;/h3-7,10-13,30H,2,8-9,14-21H2,1H3,(H,26,27);1H. The van der Waals surface area contributed by atoms with Crippen LogP contribution in [0.5, 0.6) is 5.75 Å². The van der Waals surface area contributed by atoms with Gasteiger partial charge < -0.3 is 25.0 Å². The SMILES string of the molecule is CCNC(=NCCCCOCCc1ccccc1)N1CCN(c2ccccc2O)CC1.I. The largest absolute Gasteiger partial charge is 0.506 e. The Kier molecular flexibility index (Phi) is 12.3. The minimum Gasteiger partial charge on any atom is -0.506 e. The highest BCUT2D eigenvalue weighted by atomic mass is 127. The summed E-state index contributed by atoms with van der Waals surface area (Å²) < 4.78 is 5.77. The molecule has 0 bridgehead atoms. The molecule has 6 nitrogen and oxygen atoms in total. The van der Waals surface area contributed by atoms with Crippen molar-refractivity contribution in [3.8, 4) is 5.75 Å². The number of phenols is 1. The number of para-hydroxylation sites is 2. The Morgan fingerprint density at radius 3 is 2.41 bits per heavy atom. The number of benzene rings is 2. The molecule has 1 aliphatic rings. The topological polar surface area (TPSA) is 60.3 Å². The number of hydrogen-bond donors (Lipinski definition) is 2. The van der Waals surface area contributed by atoms with Gasteiger partial charge in [0.1, 0.15) is 5.75 Å². The number of piperazine rings is 1. The van der Waals surface area contributed by atoms with Crippen LogP contribution >= 0.6 is 24.0 Å². The average molecular weight is 553 g/mol. The number of unbranched alkanes of at least 4 members (excludes halogenated alkanes) is 1. The molecule has 1 aliphatic heterocycles. The number of ether oxygens (including phenoxy) is 1. The van der Waals surface area contributed by atoms with Gasteiger partial charge in [-0.1, -0.05) is 42.5 Å². The molecule has 0 spiro atoms. The second-order valence-corrected chi connectivity index (χ2v) is 7.75. The first-order valence-corrected chi connectivity index (χ1v) is 11.5. The molecule has 1 saturated heterocycles. The highest BCUT2D eigenvalue weighted by molar-refractivity contribution is 14.0. The Morgan fingerprint density at radius 2 is 1.69 bits per heavy atom. The molecule has 176 valence electrons. The molecule has 0 aliphatic carbocycles. The molecule has 7 heteroatoms. The predicted molar refractivity (Wildman–Crippen MR) is 143 cm³/mol. The zero-order chi connectivity index (χ0) is 21.7. The number of rotatable bonds is 10. The summed E-state index contributed by atoms with van der Waals surface area (Å²) >= 11 is 0. The van der Waals surface area contributed by atoms with Crippen molar-refractivity contribution in [2.24, 2.45) is 4.99 Å². The van der Waals surface area contributed by atoms with Crippen LogP contribution < -0.4 is 10.2 Å². The average Bonchev–Trinajstić information content (AvgIpc) is 2.81. The van der Waals surface area contributed by atoms with E-state index < -0.39 is 0 Å². The Hall–Kier alpha value is -2.00. The number of hydrogen-bond acceptors (Lipinski definition) is 4. The first kappa shape index (κ1) is 26.3. The number of anilines is 1. The smallest absolute Gasteiger partial charge is 0.194 e. The van der Waals surface area contributed by atoms with Gasteiger partial charge in [0.05, 0.1) is 12.3 Å². The van der Waals surface area contributed by atoms with Gasteiger partial charge in [-0.3, -0.25) is 4.99 Å². The van der Waals surface area contributed by atoms with Crippen LogP contribution in [0, 0.1) is 0 Å². The van der Waals surface area contributed by atoms with Crippen LogP contribution in [0.4, 0.5) is 5.69 Å². The fourth-order valence-corrected chi connectivity index (χ4v) is 3.75. The van der Waals surface area contributed by atoms with E-state index in [-0.39, 0.29) is 24.0 Å². The third-order valence-electron chi connectivity index (χ3n) is 5.47. The van der Waals surface area contributed by atoms with Gasteiger partial charge in [0.2, 0.25) is 0 Å². The van der Waals surface area contributed by atoms with Crippen LogP contribution in [-0.4, -0.2) is 68.4 Å². The second kappa shape index (κ2) is 14.9. The van der Waals surface area contributed by atoms with Gasteiger partial charge in [-0.15, -0.1) is 24.0 Å². The second-order valence-electron chi connectivity index (χ2n) is 7.75. The molecule has 32 heavy (non-hydrogen) atoms. The number of nitrogens with one attached hydrogen (secondary N) is 1. The van der Waals surface area contributed by atoms with Crippen molar-refractivity contribution >= 4 is 35.6 Å². The van der Waals surface area contributed by atoms with Crippen LogP contribution in [0.1, 0.15) is 25.3 Å². The third kappa shape index (κ3) is 8.50. The maximum absolute atomic E-state index is 10.1. The van der Waals surface area contributed by atoms with Crippen molar-refractivity contribution in [2.45, 2.75) is 26.2 Å². The molecule has 2 N–H and O–H groups in total. The molecular weight excluding hydrogens is 515 g/mol. The van der Waals surface area contributed by atoms with Crippen molar-refractivity contribution in [3.05, 3.63) is 60.2 Å². The van der Waals surface area contributed by atoms with Gasteiger partial charge in [0.25, 0.3) is 0 Å². The van der Waals surface area contributed by atoms with Crippen molar-refractivity contribution < 1.29 is 9.84 Å². The molecule has 1 fully saturated rings. The quantitative estimate of drug-likeness (QED) is 0.201. The molecule has 0 aromatic heterocycles. The van der Waals surface area contributed by atoms with E-state index in [9.17, 15) is 5.11 Å². The van der Waals surface area contributed by atoms with Crippen LogP contribution in [0.25, 0.3) is 0 Å². The number of phenolic OH excluding ortho intramolecular Hbond substituents is 1. The lowest BCUT2D eigenvalue weighted by Gasteiger charge is -2.37. The summed E-state index contributed by atoms with van der Waals surface area (Å²) in [5.41, 5.74) is 2.24. The molecule has 0 unspecified atom stereocenters. The Labute approximate surface area is 209 Å². The summed E-state index contributed by atoms with van der Waals surface area (Å²) in [7, 11) is 0. The molecule has 1 heterocycles. The van der Waals surface area contributed by atoms with E-state index in [0.717, 1.165) is 83.4 Å². The normalized spacial score (nSPS) is 14.2. The highest BCUT2D eigenvalue weighted by Gasteiger charge is 2.21. The van der Waals surface area contributed by atoms with E-state index >= 15 is 0 Å². The maximum Gasteiger partial charge on any atom is 0.194 e. The molecule has 0 atom stereocenters. The predicted octanol–water partition coefficient (Wildman–Crippen LogP) is 4.14. The van der Waals surface area contributed by atoms with E-state index in [1.807, 2.05) is 24.3 Å². The van der Waals surface area contributed by atoms with Gasteiger partial charge in [-0.2, -0.15) is 0 Å². The number of aliphatic imine (C=N–C) groups is 1. The first-order chi connectivity index (χ1) is 15.3. The van der Waals surface area contributed by atoms with E-state index in [2.05, 4.69) is 46.3 Å². The zero-order valence-corrected chi connectivity index (χ0v) is 21.4. The molecule has 2 aromatic carbocycles. The van der Waals surface area contributed by atoms with Gasteiger partial charge in [0.15, 0.2) is 5.96 Å². The zero-order valence-electron chi connectivity index (χ0n) is 19.1. The van der Waals surface area contributed by atoms with Crippen LogP contribution in [0.2, 0.25) is 0 Å². The maximum atomic E-state index is 10.1. The summed E-state index contributed by atoms with van der Waals surface area (Å²) in [6, 6.07) is 18.0. The summed E-state index contributed by atoms with van der Waals surface area (Å²) in [5, 5.41) is 13.5. The number of guanidine groups is 1. The lowest BCUT2D eigenvalue weighted by molar-refractivity contribution is 0.134. The van der Waals surface area contributed by atoms with Crippen molar-refractivity contribution in [1.29, 1.82) is 0 Å². The van der Waals surface area contributed by atoms with Gasteiger partial charge >= 0.3 is 0 Å². The first-order valence-electron chi connectivity index (χ1n) is 11.5. The summed E-state index contributed by atoms with van der Waals surface area (Å²) in [5.74, 6) is 1.34. The molecular formula is C25H37IN4O2. The highest BCUT2D eigenvalue weighted by Crippen LogP contribution is 2.27. The molecule has 0 amide bonds. The fraction of sp³-hybridized carbons (Fsp3) is 0.480. The Morgan fingerprint density at radius 1 is 0.969 bits per heavy atom. The fourth-order valence-electron chi connectivity index (χ4n) is 3.75. The van der Waals surface area contributed by atoms with Gasteiger partial charge in [-0.25, -0.2) is 0 Å². The summed E-state index contributed by atoms with van der Waals surface area (Å²) in [6.07, 6.45) is 3.02. The molecule has 3 rings (SSSR count). The van der Waals surface area contributed by atoms with Crippen LogP contribution in [0.3, 0.4) is 0 Å². The van der Waals surface area contributed by atoms with Gasteiger partial charge in [-0.05, 0) is 43.9 Å². The van der Waals surface area contributed by atoms with Crippen molar-refractivity contribution in [2.75, 3.05) is 57.4 Å². The Bertz CT molecular complexity index is 796. The van der Waals surface area contributed by atoms with Crippen LogP contribution in [0.15, 0.2) is 59.6 Å². The van der Waals surface area contributed by atoms with Gasteiger partial charge in [0, 0.05) is 45.9 Å². The third-order valence-corrected chi connectivity index (χ3v) is 5.47. The summed E-state index contributed by atoms with van der Waals surface area (Å²) in [4.78, 5) is 9.38. The molecule has 2 aromatic rings. The lowest BCUT2D eigenvalue weighted by atomic mass is 10.2. The molecule has 0 radical (unpaired) electrons. The summed E-state index contributed by atoms with van der Waals surface area (Å²) in [6.45, 7) is 8.87. The Balaban J connectivity index is 0.00000363. The van der Waals surface area contributed by atoms with E-state index in [4.69, 9.17) is 9.73 Å². The number of aromatic hydroxyl groups is 1. The number of nitrogens with zero attached hydrogens (tertiary/aromatic N) is 3. The van der Waals surface area contributed by atoms with E-state index in [1.165, 1.54) is 5.56 Å². The van der Waals surface area contributed by atoms with Crippen molar-refractivity contribution in [3.63, 3.8) is 0 Å². The lowest BCUT2D eigenvalue weighted by Crippen LogP contribution is -2.52.